The van der Waals surface area contributed by atoms with E-state index < -0.39 is 0 Å². The molecule has 0 atom stereocenters. The Morgan fingerprint density at radius 2 is 2.10 bits per heavy atom. The summed E-state index contributed by atoms with van der Waals surface area (Å²) in [7, 11) is 0. The zero-order valence-electron chi connectivity index (χ0n) is 12.4. The molecule has 0 aliphatic carbocycles. The molecule has 0 aromatic heterocycles. The summed E-state index contributed by atoms with van der Waals surface area (Å²) < 4.78 is 0. The molecule has 0 spiro atoms. The molecule has 4 nitrogen and oxygen atoms in total. The van der Waals surface area contributed by atoms with Gasteiger partial charge < -0.3 is 16.3 Å². The lowest BCUT2D eigenvalue weighted by Crippen LogP contribution is -2.31. The van der Waals surface area contributed by atoms with Crippen LogP contribution in [0.4, 0.5) is 5.69 Å². The monoisotopic (exact) mass is 297 g/mol. The number of anilines is 1. The quantitative estimate of drug-likeness (QED) is 0.234. The molecule has 0 bridgehead atoms. The normalized spacial score (nSPS) is 12.5. The third kappa shape index (κ3) is 4.93. The van der Waals surface area contributed by atoms with E-state index in [1.165, 1.54) is 0 Å². The highest BCUT2D eigenvalue weighted by atomic mass is 35.5. The Bertz CT molecular complexity index is 472. The number of unbranched alkanes of at least 4 members (excludes halogenated alkanes) is 1. The third-order valence-electron chi connectivity index (χ3n) is 3.53. The fraction of sp³-hybridized carbons (Fsp3) is 0.533. The Kier molecular flexibility index (Phi) is 6.14. The van der Waals surface area contributed by atoms with Gasteiger partial charge in [0.1, 0.15) is 5.84 Å². The zero-order valence-corrected chi connectivity index (χ0v) is 13.2. The second-order valence-corrected chi connectivity index (χ2v) is 6.12. The predicted octanol–water partition coefficient (Wildman–Crippen LogP) is 4.00. The Morgan fingerprint density at radius 1 is 1.40 bits per heavy atom. The summed E-state index contributed by atoms with van der Waals surface area (Å²) in [6.45, 7) is 6.83. The van der Waals surface area contributed by atoms with Crippen LogP contribution in [0.15, 0.2) is 23.4 Å². The van der Waals surface area contributed by atoms with Crippen molar-refractivity contribution in [2.75, 3.05) is 11.9 Å². The van der Waals surface area contributed by atoms with Crippen LogP contribution in [0.2, 0.25) is 5.02 Å². The summed E-state index contributed by atoms with van der Waals surface area (Å²) in [6, 6.07) is 5.98. The highest BCUT2D eigenvalue weighted by Crippen LogP contribution is 2.24. The van der Waals surface area contributed by atoms with Crippen molar-refractivity contribution in [2.45, 2.75) is 40.0 Å². The number of nitrogens with one attached hydrogen (secondary N) is 1. The fourth-order valence-electron chi connectivity index (χ4n) is 1.89. The van der Waals surface area contributed by atoms with Crippen molar-refractivity contribution < 1.29 is 5.21 Å². The maximum atomic E-state index is 8.71. The SMILES string of the molecule is Cc1ccc(NCCCCC(C)(C)/C(N)=N/O)cc1Cl. The summed E-state index contributed by atoms with van der Waals surface area (Å²) in [5.41, 5.74) is 7.51. The molecule has 1 rings (SSSR count). The van der Waals surface area contributed by atoms with Gasteiger partial charge in [0, 0.05) is 22.7 Å². The Hall–Kier alpha value is -1.42. The first-order chi connectivity index (χ1) is 9.36. The number of amidine groups is 1. The van der Waals surface area contributed by atoms with E-state index in [-0.39, 0.29) is 11.3 Å². The van der Waals surface area contributed by atoms with Crippen LogP contribution in [-0.4, -0.2) is 17.6 Å². The molecule has 0 amide bonds. The second kappa shape index (κ2) is 7.39. The van der Waals surface area contributed by atoms with Gasteiger partial charge in [0.15, 0.2) is 0 Å². The van der Waals surface area contributed by atoms with Gasteiger partial charge in [-0.25, -0.2) is 0 Å². The molecule has 0 aliphatic rings. The van der Waals surface area contributed by atoms with Crippen molar-refractivity contribution in [2.24, 2.45) is 16.3 Å². The second-order valence-electron chi connectivity index (χ2n) is 5.72. The molecule has 1 aromatic carbocycles. The van der Waals surface area contributed by atoms with E-state index >= 15 is 0 Å². The summed E-state index contributed by atoms with van der Waals surface area (Å²) in [5, 5.41) is 15.9. The molecule has 4 N–H and O–H groups in total. The third-order valence-corrected chi connectivity index (χ3v) is 3.94. The fourth-order valence-corrected chi connectivity index (χ4v) is 2.07. The van der Waals surface area contributed by atoms with Crippen LogP contribution in [0.3, 0.4) is 0 Å². The molecule has 0 fully saturated rings. The van der Waals surface area contributed by atoms with Gasteiger partial charge in [-0.05, 0) is 37.5 Å². The van der Waals surface area contributed by atoms with Crippen LogP contribution in [0.5, 0.6) is 0 Å². The molecular formula is C15H24ClN3O. The van der Waals surface area contributed by atoms with Crippen LogP contribution in [0.1, 0.15) is 38.7 Å². The van der Waals surface area contributed by atoms with Gasteiger partial charge in [-0.15, -0.1) is 0 Å². The summed E-state index contributed by atoms with van der Waals surface area (Å²) in [6.07, 6.45) is 2.92. The molecule has 112 valence electrons. The van der Waals surface area contributed by atoms with E-state index in [4.69, 9.17) is 22.5 Å². The van der Waals surface area contributed by atoms with Crippen molar-refractivity contribution in [3.8, 4) is 0 Å². The first-order valence-electron chi connectivity index (χ1n) is 6.85. The van der Waals surface area contributed by atoms with E-state index in [2.05, 4.69) is 10.5 Å². The number of nitrogens with two attached hydrogens (primary N) is 1. The smallest absolute Gasteiger partial charge is 0.144 e. The first-order valence-corrected chi connectivity index (χ1v) is 7.22. The average molecular weight is 298 g/mol. The Morgan fingerprint density at radius 3 is 2.70 bits per heavy atom. The predicted molar refractivity (Wildman–Crippen MR) is 85.7 cm³/mol. The van der Waals surface area contributed by atoms with Gasteiger partial charge in [0.05, 0.1) is 0 Å². The number of rotatable bonds is 7. The van der Waals surface area contributed by atoms with Crippen LogP contribution in [-0.2, 0) is 0 Å². The molecule has 5 heteroatoms. The maximum Gasteiger partial charge on any atom is 0.144 e. The van der Waals surface area contributed by atoms with Crippen molar-refractivity contribution in [1.29, 1.82) is 0 Å². The number of hydrogen-bond donors (Lipinski definition) is 3. The van der Waals surface area contributed by atoms with Crippen molar-refractivity contribution >= 4 is 23.1 Å². The van der Waals surface area contributed by atoms with E-state index in [0.29, 0.717) is 0 Å². The van der Waals surface area contributed by atoms with E-state index in [0.717, 1.165) is 42.1 Å². The lowest BCUT2D eigenvalue weighted by molar-refractivity contribution is 0.304. The number of benzene rings is 1. The number of halogens is 1. The zero-order chi connectivity index (χ0) is 15.2. The van der Waals surface area contributed by atoms with Crippen LogP contribution >= 0.6 is 11.6 Å². The topological polar surface area (TPSA) is 70.6 Å². The van der Waals surface area contributed by atoms with Gasteiger partial charge in [0.25, 0.3) is 0 Å². The van der Waals surface area contributed by atoms with Crippen molar-refractivity contribution in [1.82, 2.24) is 0 Å². The number of nitrogens with zero attached hydrogens (tertiary/aromatic N) is 1. The average Bonchev–Trinajstić information content (AvgIpc) is 2.41. The molecule has 0 saturated carbocycles. The minimum absolute atomic E-state index is 0.262. The number of hydrogen-bond acceptors (Lipinski definition) is 3. The maximum absolute atomic E-state index is 8.71. The standard InChI is InChI=1S/C15H24ClN3O/c1-11-6-7-12(10-13(11)16)18-9-5-4-8-15(2,3)14(17)19-20/h6-7,10,18,20H,4-5,8-9H2,1-3H3,(H2,17,19). The highest BCUT2D eigenvalue weighted by molar-refractivity contribution is 6.31. The molecule has 1 aromatic rings. The van der Waals surface area contributed by atoms with E-state index in [1.54, 1.807) is 0 Å². The van der Waals surface area contributed by atoms with E-state index in [1.807, 2.05) is 39.0 Å². The summed E-state index contributed by atoms with van der Waals surface area (Å²) in [4.78, 5) is 0. The van der Waals surface area contributed by atoms with Gasteiger partial charge in [-0.1, -0.05) is 43.1 Å². The summed E-state index contributed by atoms with van der Waals surface area (Å²) in [5.74, 6) is 0.288. The number of aryl methyl sites for hydroxylation is 1. The first kappa shape index (κ1) is 16.6. The van der Waals surface area contributed by atoms with Crippen LogP contribution in [0.25, 0.3) is 0 Å². The Balaban J connectivity index is 2.30. The van der Waals surface area contributed by atoms with Gasteiger partial charge in [0.2, 0.25) is 0 Å². The molecule has 20 heavy (non-hydrogen) atoms. The molecule has 0 unspecified atom stereocenters. The number of oxime groups is 1. The molecular weight excluding hydrogens is 274 g/mol. The van der Waals surface area contributed by atoms with Gasteiger partial charge >= 0.3 is 0 Å². The summed E-state index contributed by atoms with van der Waals surface area (Å²) >= 11 is 6.07. The molecule has 0 heterocycles. The highest BCUT2D eigenvalue weighted by Gasteiger charge is 2.22. The lowest BCUT2D eigenvalue weighted by atomic mass is 9.86. The lowest BCUT2D eigenvalue weighted by Gasteiger charge is -2.22. The van der Waals surface area contributed by atoms with Gasteiger partial charge in [-0.2, -0.15) is 0 Å². The molecule has 0 saturated heterocycles. The largest absolute Gasteiger partial charge is 0.409 e. The minimum atomic E-state index is -0.262. The minimum Gasteiger partial charge on any atom is -0.409 e. The van der Waals surface area contributed by atoms with Crippen molar-refractivity contribution in [3.63, 3.8) is 0 Å². The van der Waals surface area contributed by atoms with Crippen molar-refractivity contribution in [3.05, 3.63) is 28.8 Å². The van der Waals surface area contributed by atoms with Crippen LogP contribution < -0.4 is 11.1 Å². The molecule has 0 radical (unpaired) electrons. The van der Waals surface area contributed by atoms with Crippen LogP contribution in [0, 0.1) is 12.3 Å². The van der Waals surface area contributed by atoms with E-state index in [9.17, 15) is 0 Å². The Labute approximate surface area is 126 Å². The van der Waals surface area contributed by atoms with Gasteiger partial charge in [-0.3, -0.25) is 0 Å². The molecule has 0 aliphatic heterocycles.